The highest BCUT2D eigenvalue weighted by Crippen LogP contribution is 2.05. The molecule has 0 fully saturated rings. The van der Waals surface area contributed by atoms with Crippen molar-refractivity contribution < 1.29 is 14.7 Å². The van der Waals surface area contributed by atoms with E-state index in [9.17, 15) is 9.59 Å². The highest BCUT2D eigenvalue weighted by Gasteiger charge is 2.20. The van der Waals surface area contributed by atoms with Crippen LogP contribution in [-0.2, 0) is 4.79 Å². The molecular weight excluding hydrogens is 220 g/mol. The summed E-state index contributed by atoms with van der Waals surface area (Å²) in [7, 11) is 0. The van der Waals surface area contributed by atoms with Gasteiger partial charge < -0.3 is 15.3 Å². The smallest absolute Gasteiger partial charge is 0.317 e. The minimum atomic E-state index is -0.878. The Kier molecular flexibility index (Phi) is 7.34. The minimum absolute atomic E-state index is 0.0186. The number of nitrogens with zero attached hydrogens (tertiary/aromatic N) is 1. The predicted octanol–water partition coefficient (Wildman–Crippen LogP) is 2.07. The zero-order valence-corrected chi connectivity index (χ0v) is 11.2. The molecular formula is C12H24N2O3. The fourth-order valence-corrected chi connectivity index (χ4v) is 1.79. The zero-order chi connectivity index (χ0) is 13.4. The van der Waals surface area contributed by atoms with E-state index in [4.69, 9.17) is 5.11 Å². The molecule has 0 aliphatic heterocycles. The van der Waals surface area contributed by atoms with Crippen LogP contribution in [0.2, 0.25) is 0 Å². The van der Waals surface area contributed by atoms with E-state index in [1.54, 1.807) is 4.90 Å². The summed E-state index contributed by atoms with van der Waals surface area (Å²) in [6, 6.07) is -0.341. The molecule has 100 valence electrons. The van der Waals surface area contributed by atoms with Crippen LogP contribution in [0.25, 0.3) is 0 Å². The van der Waals surface area contributed by atoms with Crippen LogP contribution in [0.1, 0.15) is 47.0 Å². The van der Waals surface area contributed by atoms with Gasteiger partial charge in [0.1, 0.15) is 0 Å². The second-order valence-electron chi connectivity index (χ2n) is 4.41. The Morgan fingerprint density at radius 1 is 1.29 bits per heavy atom. The van der Waals surface area contributed by atoms with Crippen molar-refractivity contribution in [2.75, 3.05) is 6.54 Å². The van der Waals surface area contributed by atoms with Crippen LogP contribution in [-0.4, -0.2) is 40.6 Å². The Balaban J connectivity index is 4.41. The van der Waals surface area contributed by atoms with Crippen molar-refractivity contribution in [1.29, 1.82) is 0 Å². The lowest BCUT2D eigenvalue weighted by Crippen LogP contribution is -2.48. The van der Waals surface area contributed by atoms with E-state index in [-0.39, 0.29) is 24.5 Å². The first-order valence-corrected chi connectivity index (χ1v) is 6.21. The number of urea groups is 1. The van der Waals surface area contributed by atoms with Gasteiger partial charge in [-0.05, 0) is 27.2 Å². The van der Waals surface area contributed by atoms with Gasteiger partial charge >= 0.3 is 12.0 Å². The summed E-state index contributed by atoms with van der Waals surface area (Å²) in [6.07, 6.45) is 1.52. The van der Waals surface area contributed by atoms with Crippen LogP contribution in [0.3, 0.4) is 0 Å². The van der Waals surface area contributed by atoms with Gasteiger partial charge in [0.2, 0.25) is 0 Å². The lowest BCUT2D eigenvalue weighted by atomic mass is 10.1. The van der Waals surface area contributed by atoms with Crippen molar-refractivity contribution in [1.82, 2.24) is 10.2 Å². The van der Waals surface area contributed by atoms with Crippen molar-refractivity contribution in [3.05, 3.63) is 0 Å². The first-order chi connectivity index (χ1) is 7.92. The molecule has 0 saturated carbocycles. The number of carbonyl (C=O) groups is 2. The molecule has 0 aromatic heterocycles. The van der Waals surface area contributed by atoms with Gasteiger partial charge in [0, 0.05) is 18.6 Å². The lowest BCUT2D eigenvalue weighted by Gasteiger charge is -2.28. The van der Waals surface area contributed by atoms with Crippen LogP contribution < -0.4 is 5.32 Å². The second kappa shape index (κ2) is 7.92. The van der Waals surface area contributed by atoms with Gasteiger partial charge in [-0.1, -0.05) is 13.3 Å². The summed E-state index contributed by atoms with van der Waals surface area (Å²) in [5.74, 6) is -0.878. The van der Waals surface area contributed by atoms with E-state index in [1.807, 2.05) is 27.7 Å². The van der Waals surface area contributed by atoms with Crippen molar-refractivity contribution in [2.45, 2.75) is 59.0 Å². The molecule has 0 spiro atoms. The van der Waals surface area contributed by atoms with E-state index in [0.29, 0.717) is 13.0 Å². The summed E-state index contributed by atoms with van der Waals surface area (Å²) in [4.78, 5) is 24.3. The highest BCUT2D eigenvalue weighted by molar-refractivity contribution is 5.76. The average Bonchev–Trinajstić information content (AvgIpc) is 2.16. The number of carbonyl (C=O) groups excluding carboxylic acids is 1. The van der Waals surface area contributed by atoms with Gasteiger partial charge in [-0.3, -0.25) is 4.79 Å². The van der Waals surface area contributed by atoms with E-state index in [0.717, 1.165) is 6.42 Å². The normalized spacial score (nSPS) is 12.3. The number of rotatable bonds is 7. The number of amides is 2. The predicted molar refractivity (Wildman–Crippen MR) is 67.0 cm³/mol. The molecule has 0 aromatic rings. The van der Waals surface area contributed by atoms with Gasteiger partial charge in [-0.25, -0.2) is 4.79 Å². The third kappa shape index (κ3) is 6.14. The Bertz CT molecular complexity index is 254. The van der Waals surface area contributed by atoms with Crippen molar-refractivity contribution >= 4 is 12.0 Å². The summed E-state index contributed by atoms with van der Waals surface area (Å²) >= 11 is 0. The van der Waals surface area contributed by atoms with E-state index in [2.05, 4.69) is 5.32 Å². The number of carboxylic acid groups (broad SMARTS) is 1. The fraction of sp³-hybridized carbons (Fsp3) is 0.833. The maximum atomic E-state index is 11.9. The molecule has 0 bridgehead atoms. The summed E-state index contributed by atoms with van der Waals surface area (Å²) in [5, 5.41) is 11.6. The maximum Gasteiger partial charge on any atom is 0.317 e. The Morgan fingerprint density at radius 2 is 1.88 bits per heavy atom. The Labute approximate surface area is 103 Å². The lowest BCUT2D eigenvalue weighted by molar-refractivity contribution is -0.137. The highest BCUT2D eigenvalue weighted by atomic mass is 16.4. The number of carboxylic acids is 1. The molecule has 1 atom stereocenters. The molecule has 2 N–H and O–H groups in total. The third-order valence-electron chi connectivity index (χ3n) is 2.61. The van der Waals surface area contributed by atoms with Gasteiger partial charge in [0.05, 0.1) is 6.42 Å². The number of aliphatic carboxylic acids is 1. The molecule has 0 radical (unpaired) electrons. The number of hydrogen-bond acceptors (Lipinski definition) is 2. The standard InChI is InChI=1S/C12H24N2O3/c1-5-7-10(8-11(15)16)13-12(17)14(6-2)9(3)4/h9-10H,5-8H2,1-4H3,(H,13,17)(H,15,16). The van der Waals surface area contributed by atoms with Gasteiger partial charge in [0.15, 0.2) is 0 Å². The van der Waals surface area contributed by atoms with Crippen molar-refractivity contribution in [2.24, 2.45) is 0 Å². The second-order valence-corrected chi connectivity index (χ2v) is 4.41. The zero-order valence-electron chi connectivity index (χ0n) is 11.2. The molecule has 0 saturated heterocycles. The monoisotopic (exact) mass is 244 g/mol. The van der Waals surface area contributed by atoms with Gasteiger partial charge in [-0.15, -0.1) is 0 Å². The van der Waals surface area contributed by atoms with Crippen LogP contribution in [0.15, 0.2) is 0 Å². The summed E-state index contributed by atoms with van der Waals surface area (Å²) in [6.45, 7) is 8.38. The molecule has 0 aliphatic rings. The minimum Gasteiger partial charge on any atom is -0.481 e. The summed E-state index contributed by atoms with van der Waals surface area (Å²) in [5.41, 5.74) is 0. The van der Waals surface area contributed by atoms with Crippen LogP contribution in [0, 0.1) is 0 Å². The number of nitrogens with one attached hydrogen (secondary N) is 1. The molecule has 0 heterocycles. The molecule has 5 heteroatoms. The molecule has 17 heavy (non-hydrogen) atoms. The Hall–Kier alpha value is -1.26. The van der Waals surface area contributed by atoms with Crippen LogP contribution >= 0.6 is 0 Å². The summed E-state index contributed by atoms with van der Waals surface area (Å²) < 4.78 is 0. The molecule has 0 aromatic carbocycles. The van der Waals surface area contributed by atoms with Crippen LogP contribution in [0.5, 0.6) is 0 Å². The SMILES string of the molecule is CCCC(CC(=O)O)NC(=O)N(CC)C(C)C. The van der Waals surface area contributed by atoms with E-state index >= 15 is 0 Å². The quantitative estimate of drug-likeness (QED) is 0.720. The topological polar surface area (TPSA) is 69.6 Å². The van der Waals surface area contributed by atoms with E-state index < -0.39 is 5.97 Å². The third-order valence-corrected chi connectivity index (χ3v) is 2.61. The van der Waals surface area contributed by atoms with E-state index in [1.165, 1.54) is 0 Å². The largest absolute Gasteiger partial charge is 0.481 e. The molecule has 0 aliphatic carbocycles. The van der Waals surface area contributed by atoms with Crippen molar-refractivity contribution in [3.63, 3.8) is 0 Å². The number of hydrogen-bond donors (Lipinski definition) is 2. The molecule has 2 amide bonds. The molecule has 5 nitrogen and oxygen atoms in total. The van der Waals surface area contributed by atoms with Gasteiger partial charge in [-0.2, -0.15) is 0 Å². The first kappa shape index (κ1) is 15.7. The molecule has 1 unspecified atom stereocenters. The fourth-order valence-electron chi connectivity index (χ4n) is 1.79. The van der Waals surface area contributed by atoms with Crippen LogP contribution in [0.4, 0.5) is 4.79 Å². The first-order valence-electron chi connectivity index (χ1n) is 6.21. The Morgan fingerprint density at radius 3 is 2.24 bits per heavy atom. The van der Waals surface area contributed by atoms with Crippen molar-refractivity contribution in [3.8, 4) is 0 Å². The average molecular weight is 244 g/mol. The van der Waals surface area contributed by atoms with Gasteiger partial charge in [0.25, 0.3) is 0 Å². The maximum absolute atomic E-state index is 11.9. The molecule has 0 rings (SSSR count).